The lowest BCUT2D eigenvalue weighted by atomic mass is 10.1. The Bertz CT molecular complexity index is 646. The van der Waals surface area contributed by atoms with Crippen molar-refractivity contribution in [3.05, 3.63) is 66.0 Å². The van der Waals surface area contributed by atoms with E-state index in [0.29, 0.717) is 5.56 Å². The van der Waals surface area contributed by atoms with Gasteiger partial charge in [-0.05, 0) is 12.1 Å². The molecule has 0 bridgehead atoms. The van der Waals surface area contributed by atoms with Crippen LogP contribution < -0.4 is 15.8 Å². The number of nitrogens with two attached hydrogens (primary N) is 1. The summed E-state index contributed by atoms with van der Waals surface area (Å²) >= 11 is 0. The number of urea groups is 1. The average Bonchev–Trinajstić information content (AvgIpc) is 2.46. The van der Waals surface area contributed by atoms with Gasteiger partial charge in [0.05, 0.1) is 0 Å². The molecule has 0 saturated carbocycles. The number of amides is 3. The van der Waals surface area contributed by atoms with E-state index in [1.54, 1.807) is 36.4 Å². The highest BCUT2D eigenvalue weighted by atomic mass is 19.1. The second-order valence-electron chi connectivity index (χ2n) is 4.19. The molecule has 108 valence electrons. The zero-order valence-electron chi connectivity index (χ0n) is 11.0. The predicted octanol–water partition coefficient (Wildman–Crippen LogP) is 2.14. The molecule has 3 N–H and O–H groups in total. The molecule has 0 heterocycles. The van der Waals surface area contributed by atoms with Crippen LogP contribution in [0.1, 0.15) is 11.7 Å². The molecule has 0 unspecified atom stereocenters. The van der Waals surface area contributed by atoms with Gasteiger partial charge in [0.2, 0.25) is 6.10 Å². The van der Waals surface area contributed by atoms with Crippen LogP contribution in [0.3, 0.4) is 0 Å². The summed E-state index contributed by atoms with van der Waals surface area (Å²) < 4.78 is 19.0. The number of halogens is 1. The van der Waals surface area contributed by atoms with Gasteiger partial charge >= 0.3 is 6.03 Å². The van der Waals surface area contributed by atoms with Gasteiger partial charge in [0.1, 0.15) is 0 Å². The van der Waals surface area contributed by atoms with Crippen LogP contribution in [0.25, 0.3) is 0 Å². The van der Waals surface area contributed by atoms with Crippen molar-refractivity contribution >= 4 is 11.9 Å². The first-order chi connectivity index (χ1) is 10.1. The molecule has 0 aliphatic heterocycles. The third-order valence-corrected chi connectivity index (χ3v) is 2.67. The number of hydrogen-bond acceptors (Lipinski definition) is 3. The van der Waals surface area contributed by atoms with Crippen LogP contribution in [0, 0.1) is 5.82 Å². The van der Waals surface area contributed by atoms with Gasteiger partial charge in [-0.2, -0.15) is 0 Å². The highest BCUT2D eigenvalue weighted by Crippen LogP contribution is 2.24. The summed E-state index contributed by atoms with van der Waals surface area (Å²) in [6, 6.07) is 13.1. The minimum Gasteiger partial charge on any atom is -0.473 e. The van der Waals surface area contributed by atoms with Crippen molar-refractivity contribution in [1.82, 2.24) is 5.32 Å². The molecule has 2 rings (SSSR count). The van der Waals surface area contributed by atoms with Crippen molar-refractivity contribution in [3.63, 3.8) is 0 Å². The molecule has 21 heavy (non-hydrogen) atoms. The number of nitrogens with one attached hydrogen (secondary N) is 1. The molecule has 0 aliphatic rings. The van der Waals surface area contributed by atoms with Gasteiger partial charge in [0.15, 0.2) is 11.6 Å². The number of carbonyl (C=O) groups is 2. The van der Waals surface area contributed by atoms with Gasteiger partial charge in [-0.1, -0.05) is 42.5 Å². The van der Waals surface area contributed by atoms with E-state index in [2.05, 4.69) is 0 Å². The number of para-hydroxylation sites is 1. The average molecular weight is 288 g/mol. The zero-order valence-corrected chi connectivity index (χ0v) is 11.0. The van der Waals surface area contributed by atoms with Crippen LogP contribution in [0.5, 0.6) is 5.75 Å². The number of rotatable bonds is 4. The minimum atomic E-state index is -1.18. The Morgan fingerprint density at radius 1 is 1.05 bits per heavy atom. The molecule has 0 fully saturated rings. The van der Waals surface area contributed by atoms with Crippen molar-refractivity contribution in [1.29, 1.82) is 0 Å². The van der Waals surface area contributed by atoms with Gasteiger partial charge in [-0.25, -0.2) is 9.18 Å². The highest BCUT2D eigenvalue weighted by Gasteiger charge is 2.24. The fourth-order valence-electron chi connectivity index (χ4n) is 1.76. The van der Waals surface area contributed by atoms with Crippen LogP contribution in [0.2, 0.25) is 0 Å². The maximum atomic E-state index is 13.6. The molecule has 0 radical (unpaired) electrons. The quantitative estimate of drug-likeness (QED) is 0.904. The fourth-order valence-corrected chi connectivity index (χ4v) is 1.76. The number of ether oxygens (including phenoxy) is 1. The minimum absolute atomic E-state index is 0.0917. The topological polar surface area (TPSA) is 81.4 Å². The number of hydrogen-bond donors (Lipinski definition) is 2. The number of benzene rings is 2. The van der Waals surface area contributed by atoms with Gasteiger partial charge in [0, 0.05) is 5.56 Å². The Labute approximate surface area is 120 Å². The lowest BCUT2D eigenvalue weighted by Crippen LogP contribution is -2.40. The standard InChI is InChI=1S/C15H13FN2O3/c16-11-8-4-5-9-12(11)21-13(14(19)18-15(17)20)10-6-2-1-3-7-10/h1-9,13H,(H3,17,18,19,20)/t13-/m1/s1. The first-order valence-electron chi connectivity index (χ1n) is 6.14. The van der Waals surface area contributed by atoms with E-state index in [1.807, 2.05) is 5.32 Å². The maximum Gasteiger partial charge on any atom is 0.318 e. The maximum absolute atomic E-state index is 13.6. The molecule has 1 atom stereocenters. The van der Waals surface area contributed by atoms with Crippen LogP contribution in [0.4, 0.5) is 9.18 Å². The van der Waals surface area contributed by atoms with Crippen molar-refractivity contribution in [2.75, 3.05) is 0 Å². The number of primary amides is 1. The van der Waals surface area contributed by atoms with E-state index in [4.69, 9.17) is 10.5 Å². The lowest BCUT2D eigenvalue weighted by Gasteiger charge is -2.18. The van der Waals surface area contributed by atoms with Gasteiger partial charge < -0.3 is 10.5 Å². The van der Waals surface area contributed by atoms with Crippen molar-refractivity contribution < 1.29 is 18.7 Å². The van der Waals surface area contributed by atoms with Gasteiger partial charge in [0.25, 0.3) is 5.91 Å². The summed E-state index contributed by atoms with van der Waals surface area (Å²) in [5.74, 6) is -1.46. The summed E-state index contributed by atoms with van der Waals surface area (Å²) in [5, 5.41) is 1.93. The molecule has 0 saturated heterocycles. The van der Waals surface area contributed by atoms with Crippen molar-refractivity contribution in [2.24, 2.45) is 5.73 Å². The molecule has 5 nitrogen and oxygen atoms in total. The molecule has 6 heteroatoms. The van der Waals surface area contributed by atoms with Crippen LogP contribution >= 0.6 is 0 Å². The lowest BCUT2D eigenvalue weighted by molar-refractivity contribution is -0.127. The monoisotopic (exact) mass is 288 g/mol. The Kier molecular flexibility index (Phi) is 4.50. The summed E-state index contributed by atoms with van der Waals surface area (Å²) in [6.45, 7) is 0. The smallest absolute Gasteiger partial charge is 0.318 e. The molecule has 0 spiro atoms. The molecule has 0 aromatic heterocycles. The molecular weight excluding hydrogens is 275 g/mol. The molecule has 2 aromatic carbocycles. The number of imide groups is 1. The SMILES string of the molecule is NC(=O)NC(=O)[C@H](Oc1ccccc1F)c1ccccc1. The Hall–Kier alpha value is -2.89. The summed E-state index contributed by atoms with van der Waals surface area (Å²) in [7, 11) is 0. The first kappa shape index (κ1) is 14.5. The second-order valence-corrected chi connectivity index (χ2v) is 4.19. The predicted molar refractivity (Wildman–Crippen MR) is 73.9 cm³/mol. The normalized spacial score (nSPS) is 11.5. The molecule has 2 aromatic rings. The van der Waals surface area contributed by atoms with Crippen molar-refractivity contribution in [2.45, 2.75) is 6.10 Å². The van der Waals surface area contributed by atoms with Gasteiger partial charge in [-0.3, -0.25) is 10.1 Å². The third kappa shape index (κ3) is 3.79. The largest absolute Gasteiger partial charge is 0.473 e. The number of carbonyl (C=O) groups excluding carboxylic acids is 2. The van der Waals surface area contributed by atoms with E-state index < -0.39 is 23.9 Å². The molecule has 3 amide bonds. The Morgan fingerprint density at radius 2 is 1.67 bits per heavy atom. The van der Waals surface area contributed by atoms with E-state index in [1.165, 1.54) is 18.2 Å². The van der Waals surface area contributed by atoms with Crippen molar-refractivity contribution in [3.8, 4) is 5.75 Å². The molecular formula is C15H13FN2O3. The van der Waals surface area contributed by atoms with E-state index in [-0.39, 0.29) is 5.75 Å². The zero-order chi connectivity index (χ0) is 15.2. The first-order valence-corrected chi connectivity index (χ1v) is 6.14. The van der Waals surface area contributed by atoms with Gasteiger partial charge in [-0.15, -0.1) is 0 Å². The fraction of sp³-hybridized carbons (Fsp3) is 0.0667. The van der Waals surface area contributed by atoms with Crippen LogP contribution in [-0.4, -0.2) is 11.9 Å². The Morgan fingerprint density at radius 3 is 2.29 bits per heavy atom. The van der Waals surface area contributed by atoms with Crippen LogP contribution in [-0.2, 0) is 4.79 Å². The van der Waals surface area contributed by atoms with E-state index in [9.17, 15) is 14.0 Å². The summed E-state index contributed by atoms with van der Waals surface area (Å²) in [6.07, 6.45) is -1.18. The van der Waals surface area contributed by atoms with E-state index >= 15 is 0 Å². The highest BCUT2D eigenvalue weighted by molar-refractivity contribution is 5.96. The summed E-state index contributed by atoms with van der Waals surface area (Å²) in [4.78, 5) is 22.8. The Balaban J connectivity index is 2.30. The van der Waals surface area contributed by atoms with E-state index in [0.717, 1.165) is 0 Å². The van der Waals surface area contributed by atoms with Crippen LogP contribution in [0.15, 0.2) is 54.6 Å². The second kappa shape index (κ2) is 6.51. The third-order valence-electron chi connectivity index (χ3n) is 2.67. The summed E-state index contributed by atoms with van der Waals surface area (Å²) in [5.41, 5.74) is 5.40. The molecule has 0 aliphatic carbocycles.